The number of piperidine rings is 1. The Morgan fingerprint density at radius 1 is 1.19 bits per heavy atom. The van der Waals surface area contributed by atoms with Crippen LogP contribution in [0.2, 0.25) is 0 Å². The molecular weight excluding hydrogens is 268 g/mol. The van der Waals surface area contributed by atoms with E-state index in [1.165, 1.54) is 6.42 Å². The molecular formula is C15H22N4O2. The number of carbonyl (C=O) groups is 2. The lowest BCUT2D eigenvalue weighted by molar-refractivity contribution is -0.133. The van der Waals surface area contributed by atoms with Crippen molar-refractivity contribution in [2.75, 3.05) is 19.6 Å². The summed E-state index contributed by atoms with van der Waals surface area (Å²) in [7, 11) is 0. The third kappa shape index (κ3) is 4.85. The quantitative estimate of drug-likeness (QED) is 0.721. The summed E-state index contributed by atoms with van der Waals surface area (Å²) in [6.07, 6.45) is 10.7. The van der Waals surface area contributed by atoms with Crippen molar-refractivity contribution in [1.82, 2.24) is 10.2 Å². The first kappa shape index (κ1) is 15.5. The highest BCUT2D eigenvalue weighted by Crippen LogP contribution is 2.37. The molecule has 0 spiro atoms. The molecule has 1 saturated heterocycles. The zero-order valence-corrected chi connectivity index (χ0v) is 12.3. The van der Waals surface area contributed by atoms with E-state index in [0.29, 0.717) is 25.7 Å². The number of hydrogen-bond donors (Lipinski definition) is 1. The maximum absolute atomic E-state index is 11.9. The van der Waals surface area contributed by atoms with Gasteiger partial charge in [0.25, 0.3) is 0 Å². The van der Waals surface area contributed by atoms with Crippen LogP contribution in [0.4, 0.5) is 0 Å². The van der Waals surface area contributed by atoms with E-state index in [0.717, 1.165) is 25.9 Å². The summed E-state index contributed by atoms with van der Waals surface area (Å²) in [5.41, 5.74) is -0.430. The van der Waals surface area contributed by atoms with Gasteiger partial charge in [0.05, 0.1) is 6.54 Å². The molecule has 0 aromatic heterocycles. The minimum Gasteiger partial charge on any atom is -0.347 e. The van der Waals surface area contributed by atoms with E-state index >= 15 is 0 Å². The molecule has 0 aromatic rings. The van der Waals surface area contributed by atoms with Crippen molar-refractivity contribution in [2.24, 2.45) is 10.2 Å². The van der Waals surface area contributed by atoms with E-state index in [-0.39, 0.29) is 18.4 Å². The number of amides is 2. The zero-order valence-electron chi connectivity index (χ0n) is 12.3. The van der Waals surface area contributed by atoms with Gasteiger partial charge >= 0.3 is 0 Å². The number of nitrogens with one attached hydrogen (secondary N) is 1. The van der Waals surface area contributed by atoms with Crippen LogP contribution in [0, 0.1) is 12.3 Å². The van der Waals surface area contributed by atoms with Crippen molar-refractivity contribution in [3.8, 4) is 12.3 Å². The van der Waals surface area contributed by atoms with Gasteiger partial charge in [-0.3, -0.25) is 9.59 Å². The average molecular weight is 290 g/mol. The van der Waals surface area contributed by atoms with Crippen molar-refractivity contribution in [3.63, 3.8) is 0 Å². The van der Waals surface area contributed by atoms with Gasteiger partial charge in [0.15, 0.2) is 5.66 Å². The fourth-order valence-electron chi connectivity index (χ4n) is 2.50. The minimum atomic E-state index is -0.430. The Morgan fingerprint density at radius 3 is 2.52 bits per heavy atom. The molecule has 114 valence electrons. The van der Waals surface area contributed by atoms with Crippen LogP contribution < -0.4 is 5.32 Å². The summed E-state index contributed by atoms with van der Waals surface area (Å²) < 4.78 is 0. The largest absolute Gasteiger partial charge is 0.347 e. The highest BCUT2D eigenvalue weighted by atomic mass is 16.2. The second kappa shape index (κ2) is 7.21. The van der Waals surface area contributed by atoms with Crippen LogP contribution in [0.15, 0.2) is 10.2 Å². The van der Waals surface area contributed by atoms with Gasteiger partial charge in [0.1, 0.15) is 0 Å². The molecule has 2 rings (SSSR count). The van der Waals surface area contributed by atoms with Crippen LogP contribution in [0.5, 0.6) is 0 Å². The first-order valence-corrected chi connectivity index (χ1v) is 7.57. The maximum atomic E-state index is 11.9. The summed E-state index contributed by atoms with van der Waals surface area (Å²) in [5.74, 6) is 2.44. The van der Waals surface area contributed by atoms with Crippen molar-refractivity contribution < 1.29 is 9.59 Å². The molecule has 6 heteroatoms. The maximum Gasteiger partial charge on any atom is 0.241 e. The average Bonchev–Trinajstić information content (AvgIpc) is 3.30. The van der Waals surface area contributed by atoms with Gasteiger partial charge in [0, 0.05) is 38.8 Å². The lowest BCUT2D eigenvalue weighted by Crippen LogP contribution is -2.42. The normalized spacial score (nSPS) is 18.9. The molecule has 0 unspecified atom stereocenters. The van der Waals surface area contributed by atoms with Crippen LogP contribution in [0.1, 0.15) is 44.9 Å². The molecule has 1 fully saturated rings. The van der Waals surface area contributed by atoms with Gasteiger partial charge < -0.3 is 10.2 Å². The summed E-state index contributed by atoms with van der Waals surface area (Å²) in [6.45, 7) is 1.70. The highest BCUT2D eigenvalue weighted by molar-refractivity contribution is 5.84. The van der Waals surface area contributed by atoms with Gasteiger partial charge in [0.2, 0.25) is 11.8 Å². The van der Waals surface area contributed by atoms with Crippen molar-refractivity contribution in [2.45, 2.75) is 50.6 Å². The molecule has 0 atom stereocenters. The first-order chi connectivity index (χ1) is 10.2. The van der Waals surface area contributed by atoms with Crippen molar-refractivity contribution in [3.05, 3.63) is 0 Å². The SMILES string of the molecule is C#CCCC1(CCC(=O)NCC(=O)N2CCCCC2)N=N1. The number of hydrogen-bond acceptors (Lipinski definition) is 4. The Bertz CT molecular complexity index is 455. The Hall–Kier alpha value is -1.90. The van der Waals surface area contributed by atoms with Crippen molar-refractivity contribution >= 4 is 11.8 Å². The predicted molar refractivity (Wildman–Crippen MR) is 78.3 cm³/mol. The Morgan fingerprint density at radius 2 is 1.90 bits per heavy atom. The summed E-state index contributed by atoms with van der Waals surface area (Å²) in [5, 5.41) is 10.7. The summed E-state index contributed by atoms with van der Waals surface area (Å²) in [6, 6.07) is 0. The van der Waals surface area contributed by atoms with E-state index in [2.05, 4.69) is 21.5 Å². The van der Waals surface area contributed by atoms with E-state index in [4.69, 9.17) is 6.42 Å². The van der Waals surface area contributed by atoms with Gasteiger partial charge in [-0.25, -0.2) is 0 Å². The van der Waals surface area contributed by atoms with Gasteiger partial charge in [-0.2, -0.15) is 10.2 Å². The molecule has 21 heavy (non-hydrogen) atoms. The van der Waals surface area contributed by atoms with Gasteiger partial charge in [-0.1, -0.05) is 0 Å². The number of likely N-dealkylation sites (tertiary alicyclic amines) is 1. The topological polar surface area (TPSA) is 74.1 Å². The molecule has 6 nitrogen and oxygen atoms in total. The summed E-state index contributed by atoms with van der Waals surface area (Å²) >= 11 is 0. The molecule has 0 aliphatic carbocycles. The van der Waals surface area contributed by atoms with E-state index in [9.17, 15) is 9.59 Å². The minimum absolute atomic E-state index is 0.00546. The smallest absolute Gasteiger partial charge is 0.241 e. The van der Waals surface area contributed by atoms with E-state index in [1.54, 1.807) is 0 Å². The molecule has 2 aliphatic heterocycles. The standard InChI is InChI=1S/C15H22N4O2/c1-2-3-8-15(17-18-15)9-7-13(20)16-12-14(21)19-10-5-4-6-11-19/h1H,3-12H2,(H,16,20). The Balaban J connectivity index is 1.61. The summed E-state index contributed by atoms with van der Waals surface area (Å²) in [4.78, 5) is 25.5. The van der Waals surface area contributed by atoms with Crippen molar-refractivity contribution in [1.29, 1.82) is 0 Å². The first-order valence-electron chi connectivity index (χ1n) is 7.57. The van der Waals surface area contributed by atoms with Gasteiger partial charge in [-0.15, -0.1) is 12.3 Å². The molecule has 0 aromatic carbocycles. The molecule has 0 saturated carbocycles. The van der Waals surface area contributed by atoms with E-state index < -0.39 is 5.66 Å². The molecule has 2 aliphatic rings. The van der Waals surface area contributed by atoms with Crippen LogP contribution >= 0.6 is 0 Å². The number of nitrogens with zero attached hydrogens (tertiary/aromatic N) is 3. The number of rotatable bonds is 7. The number of terminal acetylenes is 1. The molecule has 2 heterocycles. The second-order valence-corrected chi connectivity index (χ2v) is 5.60. The monoisotopic (exact) mass is 290 g/mol. The zero-order chi connectivity index (χ0) is 15.1. The third-order valence-corrected chi connectivity index (χ3v) is 3.95. The van der Waals surface area contributed by atoms with Crippen LogP contribution in [-0.2, 0) is 9.59 Å². The van der Waals surface area contributed by atoms with Crippen LogP contribution in [0.25, 0.3) is 0 Å². The fourth-order valence-corrected chi connectivity index (χ4v) is 2.50. The van der Waals surface area contributed by atoms with Crippen LogP contribution in [0.3, 0.4) is 0 Å². The lowest BCUT2D eigenvalue weighted by Gasteiger charge is -2.26. The molecule has 2 amide bonds. The predicted octanol–water partition coefficient (Wildman–Crippen LogP) is 1.47. The van der Waals surface area contributed by atoms with Crippen LogP contribution in [-0.4, -0.2) is 42.0 Å². The molecule has 0 bridgehead atoms. The Kier molecular flexibility index (Phi) is 5.32. The molecule has 0 radical (unpaired) electrons. The van der Waals surface area contributed by atoms with Gasteiger partial charge in [-0.05, 0) is 19.3 Å². The molecule has 1 N–H and O–H groups in total. The number of carbonyl (C=O) groups excluding carboxylic acids is 2. The van der Waals surface area contributed by atoms with E-state index in [1.807, 2.05) is 4.90 Å². The lowest BCUT2D eigenvalue weighted by atomic mass is 10.0. The highest BCUT2D eigenvalue weighted by Gasteiger charge is 2.39. The second-order valence-electron chi connectivity index (χ2n) is 5.60. The fraction of sp³-hybridized carbons (Fsp3) is 0.733. The Labute approximate surface area is 125 Å². The third-order valence-electron chi connectivity index (χ3n) is 3.95.